The Labute approximate surface area is 837 Å². The summed E-state index contributed by atoms with van der Waals surface area (Å²) in [5, 5.41) is 54.8. The molecule has 0 bridgehead atoms. The second-order valence-corrected chi connectivity index (χ2v) is 36.3. The van der Waals surface area contributed by atoms with Gasteiger partial charge in [-0.3, -0.25) is 48.3 Å². The number of nitrogens with zero attached hydrogens (tertiary/aromatic N) is 7. The minimum absolute atomic E-state index is 0.00209. The van der Waals surface area contributed by atoms with Gasteiger partial charge in [0.15, 0.2) is 40.8 Å². The van der Waals surface area contributed by atoms with Crippen molar-refractivity contribution in [3.8, 4) is 57.1 Å². The molecule has 9 heterocycles. The predicted molar refractivity (Wildman–Crippen MR) is 523 cm³/mol. The summed E-state index contributed by atoms with van der Waals surface area (Å²) in [6.45, 7) is 21.6. The molecule has 145 heavy (non-hydrogen) atoms. The second kappa shape index (κ2) is 49.9. The summed E-state index contributed by atoms with van der Waals surface area (Å²) in [5.41, 5.74) is 10.7. The van der Waals surface area contributed by atoms with Crippen molar-refractivity contribution >= 4 is 94.5 Å². The Morgan fingerprint density at radius 1 is 0.524 bits per heavy atom. The van der Waals surface area contributed by atoms with Gasteiger partial charge in [0.05, 0.1) is 155 Å². The van der Waals surface area contributed by atoms with Gasteiger partial charge in [0.1, 0.15) is 80.4 Å². The maximum Gasteiger partial charge on any atom is 0.416 e. The van der Waals surface area contributed by atoms with E-state index < -0.39 is 67.5 Å². The van der Waals surface area contributed by atoms with Gasteiger partial charge in [-0.2, -0.15) is 9.59 Å². The Balaban J connectivity index is 0.000000240. The van der Waals surface area contributed by atoms with E-state index in [2.05, 4.69) is 30.0 Å². The lowest BCUT2D eigenvalue weighted by Crippen LogP contribution is -2.54. The predicted octanol–water partition coefficient (Wildman–Crippen LogP) is 10.8. The summed E-state index contributed by atoms with van der Waals surface area (Å²) in [4.78, 5) is 152. The van der Waals surface area contributed by atoms with Gasteiger partial charge >= 0.3 is 18.2 Å². The number of aliphatic carboxylic acids is 1. The highest BCUT2D eigenvalue weighted by molar-refractivity contribution is 6.12. The number of aliphatic hydroxyl groups excluding tert-OH is 4. The third kappa shape index (κ3) is 26.4. The highest BCUT2D eigenvalue weighted by atomic mass is 16.7. The van der Waals surface area contributed by atoms with E-state index in [-0.39, 0.29) is 192 Å². The quantitative estimate of drug-likeness (QED) is 0.0117. The van der Waals surface area contributed by atoms with Crippen molar-refractivity contribution in [2.45, 2.75) is 159 Å². The average Bonchev–Trinajstić information content (AvgIpc) is 1.61. The number of carboxylic acid groups (broad SMARTS) is 1. The van der Waals surface area contributed by atoms with Crippen molar-refractivity contribution in [3.63, 3.8) is 0 Å². The van der Waals surface area contributed by atoms with Gasteiger partial charge in [0.2, 0.25) is 12.2 Å². The summed E-state index contributed by atoms with van der Waals surface area (Å²) >= 11 is 0. The van der Waals surface area contributed by atoms with Gasteiger partial charge in [-0.05, 0) is 184 Å². The van der Waals surface area contributed by atoms with Gasteiger partial charge in [-0.1, -0.05) is 54.7 Å². The Kier molecular flexibility index (Phi) is 36.7. The number of ketones is 2. The van der Waals surface area contributed by atoms with Crippen LogP contribution >= 0.6 is 0 Å². The molecule has 0 saturated carbocycles. The van der Waals surface area contributed by atoms with Crippen LogP contribution in [0.1, 0.15) is 157 Å². The van der Waals surface area contributed by atoms with E-state index in [1.807, 2.05) is 85.6 Å². The van der Waals surface area contributed by atoms with E-state index in [1.165, 1.54) is 63.5 Å². The number of hydrogen-bond donors (Lipinski definition) is 6. The number of rotatable bonds is 43. The first-order valence-electron chi connectivity index (χ1n) is 47.8. The number of unbranched alkanes of at least 4 members (excludes halogenated alkanes) is 2. The summed E-state index contributed by atoms with van der Waals surface area (Å²) in [6, 6.07) is 29.3. The third-order valence-corrected chi connectivity index (χ3v) is 25.7. The van der Waals surface area contributed by atoms with Gasteiger partial charge in [0, 0.05) is 82.9 Å². The normalized spacial score (nSPS) is 20.4. The minimum atomic E-state index is -1.65. The monoisotopic (exact) mass is 2000 g/mol. The van der Waals surface area contributed by atoms with Crippen LogP contribution in [-0.2, 0) is 70.3 Å². The number of hydrogen-bond acceptors (Lipinski definition) is 32. The summed E-state index contributed by atoms with van der Waals surface area (Å²) in [7, 11) is 4.43. The Hall–Kier alpha value is -14.1. The number of Topliss-reactive ketones (excluding diaryl/α,β-unsaturated/α-hetero) is 2. The first-order chi connectivity index (χ1) is 69.9. The van der Waals surface area contributed by atoms with Crippen LogP contribution in [0.5, 0.6) is 46.0 Å². The van der Waals surface area contributed by atoms with Crippen LogP contribution in [0.4, 0.5) is 27.5 Å². The number of carbonyl (C=O) groups is 9. The summed E-state index contributed by atoms with van der Waals surface area (Å²) < 4.78 is 86.4. The molecule has 7 aromatic carbocycles. The molecule has 6 amide bonds. The number of carboxylic acids is 1. The minimum Gasteiger partial charge on any atom is -0.493 e. The van der Waals surface area contributed by atoms with Crippen LogP contribution in [0.2, 0.25) is 0 Å². The highest BCUT2D eigenvalue weighted by Crippen LogP contribution is 2.47. The molecule has 9 aliphatic heterocycles. The largest absolute Gasteiger partial charge is 0.493 e. The number of nitrogens with one attached hydrogen (secondary N) is 1. The summed E-state index contributed by atoms with van der Waals surface area (Å²) in [6.07, 6.45) is -0.0902. The van der Waals surface area contributed by atoms with E-state index in [9.17, 15) is 63.6 Å². The second-order valence-electron chi connectivity index (χ2n) is 36.3. The van der Waals surface area contributed by atoms with Crippen molar-refractivity contribution in [1.29, 1.82) is 0 Å². The molecule has 39 nitrogen and oxygen atoms in total. The van der Waals surface area contributed by atoms with Gasteiger partial charge in [-0.25, -0.2) is 9.69 Å². The number of aliphatic hydroxyl groups is 4. The fraction of sp³-hybridized carbons (Fsp3) is 0.434. The molecule has 2 unspecified atom stereocenters. The molecule has 6 N–H and O–H groups in total. The molecule has 0 radical (unpaired) electrons. The van der Waals surface area contributed by atoms with E-state index in [0.29, 0.717) is 145 Å². The molecule has 7 aromatic rings. The average molecular weight is 2000 g/mol. The van der Waals surface area contributed by atoms with Crippen LogP contribution < -0.4 is 48.1 Å². The maximum atomic E-state index is 14.6. The van der Waals surface area contributed by atoms with Crippen LogP contribution in [0.25, 0.3) is 11.1 Å². The molecule has 0 aromatic heterocycles. The number of methoxy groups -OCH3 is 3. The molecule has 10 atom stereocenters. The zero-order valence-corrected chi connectivity index (χ0v) is 81.6. The Bertz CT molecular complexity index is 6080. The molecule has 0 spiro atoms. The number of benzene rings is 7. The molecule has 9 aliphatic rings. The molecule has 0 aliphatic carbocycles. The first-order valence-corrected chi connectivity index (χ1v) is 47.8. The third-order valence-electron chi connectivity index (χ3n) is 25.7. The standard InChI is InChI=1S/C62H72N4O19.C43H48N4O10.CO2/c1-35-18-42-28-63-48-25-44(37(3)20-45(48)58(72)64(42)29-35)41-21-40(22-43(24-41)81-17-16-79-13-12-78-14-15-80-31-38(4)67)33-82-55-27-49-46(26-54(55)77-6)59(73)65-30-36(2)19-50(65)60(74)66(49)62(75)84-32-39-9-10-53(47(23-39)51(68)8-7-11-76-5)85-61-57(71)56(70)52(69)34-83-61;1-26-17-30-23-44-34-21-37(27(2)18-32(34)42(51)46(30)24-26)56-12-5-4-6-13-57-39-22-35-33(20-38(39)53-3)43(52)47-25-29(19-36(47)41(50)45-35)28-7-9-31(10-8-28)55-16-15-54-14-11-40(48)49;2-1-3/h9-10,20-28,42,50,52,56-57,60-61,69-71,74H,1-2,7-8,11-19,29-34H2,3-6H3;7-10,18,20-23,29-30,36H,1,4-6,11-17,19,24-25H2,2-3H3,(H,45,50)(H,48,49);/t42-,50-,52+,56-,57+,60?,61-;29?,30-,36-;/m00./s1. The molecule has 5 saturated heterocycles. The number of fused-ring (bicyclic) bond motifs is 8. The first kappa shape index (κ1) is 107. The van der Waals surface area contributed by atoms with Crippen molar-refractivity contribution in [1.82, 2.24) is 19.6 Å². The van der Waals surface area contributed by atoms with Crippen molar-refractivity contribution < 1.29 is 149 Å². The smallest absolute Gasteiger partial charge is 0.416 e. The lowest BCUT2D eigenvalue weighted by Gasteiger charge is -2.35. The van der Waals surface area contributed by atoms with E-state index >= 15 is 0 Å². The molecule has 770 valence electrons. The van der Waals surface area contributed by atoms with Crippen LogP contribution in [-0.4, -0.2) is 312 Å². The molecular formula is C106H120N8O31. The number of aliphatic imine (C=N–C) groups is 2. The van der Waals surface area contributed by atoms with E-state index in [4.69, 9.17) is 90.7 Å². The summed E-state index contributed by atoms with van der Waals surface area (Å²) in [5.74, 6) is 0.335. The number of anilines is 2. The van der Waals surface area contributed by atoms with Crippen LogP contribution in [0, 0.1) is 13.8 Å². The highest BCUT2D eigenvalue weighted by Gasteiger charge is 2.49. The van der Waals surface area contributed by atoms with Crippen LogP contribution in [0.3, 0.4) is 0 Å². The fourth-order valence-electron chi connectivity index (χ4n) is 18.4. The fourth-order valence-corrected chi connectivity index (χ4v) is 18.4. The maximum absolute atomic E-state index is 14.6. The van der Waals surface area contributed by atoms with Gasteiger partial charge < -0.3 is 122 Å². The lowest BCUT2D eigenvalue weighted by molar-refractivity contribution is -0.242. The lowest BCUT2D eigenvalue weighted by atomic mass is 9.95. The van der Waals surface area contributed by atoms with E-state index in [0.717, 1.165) is 69.5 Å². The SMILES string of the molecule is C=C1C[C@H]2C=Nc3cc(-c4cc(COc5cc6c(cc5OC)C(=O)N5CC(=C)C[C@H]5C(O)N6C(=O)OCc5ccc(O[C@@H]6OC[C@@H](O)[C@H](O)[C@H]6O)c(C(=O)CCCOC)c5)cc(OCCOCCOCCOCC(C)=O)c4)c(C)cc3C(=O)N2C1.C=C1C[C@H]2C=Nc3cc(OCCCCCOc4cc5c(cc4OC)C(=O)N4CC(c6ccc(OCCOCCC(=O)O)cc6)C[C@H]4C(=O)N5)c(C)cc3C(=O)N2C1.O=C=O. The van der Waals surface area contributed by atoms with Crippen molar-refractivity contribution in [2.75, 3.05) is 150 Å². The van der Waals surface area contributed by atoms with Gasteiger partial charge in [0.25, 0.3) is 23.6 Å². The Morgan fingerprint density at radius 3 is 1.77 bits per heavy atom. The number of ether oxygens (including phenoxy) is 15. The Morgan fingerprint density at radius 2 is 1.12 bits per heavy atom. The molecule has 16 rings (SSSR count). The number of carbonyl (C=O) groups excluding carboxylic acids is 10. The van der Waals surface area contributed by atoms with E-state index in [1.54, 1.807) is 34.2 Å². The van der Waals surface area contributed by atoms with Crippen molar-refractivity contribution in [3.05, 3.63) is 201 Å². The van der Waals surface area contributed by atoms with Crippen LogP contribution in [0.15, 0.2) is 156 Å². The topological polar surface area (TPSA) is 480 Å². The molecule has 5 fully saturated rings. The zero-order chi connectivity index (χ0) is 103. The van der Waals surface area contributed by atoms with Crippen molar-refractivity contribution in [2.24, 2.45) is 9.98 Å². The van der Waals surface area contributed by atoms with Gasteiger partial charge in [-0.15, -0.1) is 0 Å². The number of aryl methyl sites for hydroxylation is 2. The zero-order valence-electron chi connectivity index (χ0n) is 81.6. The molecular weight excluding hydrogens is 1880 g/mol. The number of amides is 6. The molecule has 39 heteroatoms.